The minimum Gasteiger partial charge on any atom is -0.336 e. The van der Waals surface area contributed by atoms with Crippen molar-refractivity contribution in [3.63, 3.8) is 0 Å². The first-order chi connectivity index (χ1) is 8.16. The van der Waals surface area contributed by atoms with Crippen LogP contribution in [0.1, 0.15) is 64.7 Å². The number of amides is 1. The average Bonchev–Trinajstić information content (AvgIpc) is 2.31. The maximum absolute atomic E-state index is 11.8. The van der Waals surface area contributed by atoms with E-state index in [1.165, 1.54) is 25.7 Å². The van der Waals surface area contributed by atoms with Crippen LogP contribution in [0.5, 0.6) is 0 Å². The van der Waals surface area contributed by atoms with Gasteiger partial charge in [0, 0.05) is 19.9 Å². The molecule has 0 N–H and O–H groups in total. The van der Waals surface area contributed by atoms with E-state index in [9.17, 15) is 9.59 Å². The molecule has 98 valence electrons. The third-order valence-electron chi connectivity index (χ3n) is 3.64. The van der Waals surface area contributed by atoms with Crippen molar-refractivity contribution in [2.75, 3.05) is 7.05 Å². The van der Waals surface area contributed by atoms with E-state index in [0.717, 1.165) is 19.3 Å². The molecule has 1 rings (SSSR count). The number of hydrogen-bond donors (Lipinski definition) is 0. The molecule has 0 radical (unpaired) electrons. The fourth-order valence-corrected chi connectivity index (χ4v) is 2.21. The van der Waals surface area contributed by atoms with Crippen LogP contribution in [0.15, 0.2) is 0 Å². The van der Waals surface area contributed by atoms with Crippen LogP contribution in [0.3, 0.4) is 0 Å². The van der Waals surface area contributed by atoms with Gasteiger partial charge in [-0.05, 0) is 12.8 Å². The molecular weight excluding hydrogens is 214 g/mol. The van der Waals surface area contributed by atoms with Gasteiger partial charge in [0.2, 0.25) is 5.91 Å². The number of likely N-dealkylation sites (N-methyl/N-ethyl adjacent to an activating group) is 1. The van der Waals surface area contributed by atoms with E-state index < -0.39 is 0 Å². The van der Waals surface area contributed by atoms with Crippen LogP contribution in [-0.2, 0) is 9.59 Å². The average molecular weight is 239 g/mol. The molecule has 3 heteroatoms. The molecule has 1 aliphatic carbocycles. The molecule has 0 heterocycles. The first-order valence-electron chi connectivity index (χ1n) is 6.95. The Bertz CT molecular complexity index is 263. The number of rotatable bonds is 8. The SMILES string of the molecule is CCCCCCCCC(=O)N(C)[C@H]1CCC1=O. The summed E-state index contributed by atoms with van der Waals surface area (Å²) in [6, 6.07) is -0.109. The van der Waals surface area contributed by atoms with E-state index in [1.807, 2.05) is 0 Å². The normalized spacial score (nSPS) is 18.9. The van der Waals surface area contributed by atoms with Crippen molar-refractivity contribution in [1.82, 2.24) is 4.90 Å². The van der Waals surface area contributed by atoms with E-state index in [2.05, 4.69) is 6.92 Å². The number of Topliss-reactive ketones (excluding diaryl/α,β-unsaturated/α-hetero) is 1. The largest absolute Gasteiger partial charge is 0.336 e. The van der Waals surface area contributed by atoms with E-state index in [4.69, 9.17) is 0 Å². The van der Waals surface area contributed by atoms with Crippen LogP contribution < -0.4 is 0 Å². The summed E-state index contributed by atoms with van der Waals surface area (Å²) in [5.74, 6) is 0.363. The van der Waals surface area contributed by atoms with Gasteiger partial charge >= 0.3 is 0 Å². The van der Waals surface area contributed by atoms with Crippen molar-refractivity contribution < 1.29 is 9.59 Å². The summed E-state index contributed by atoms with van der Waals surface area (Å²) in [6.07, 6.45) is 9.28. The molecule has 1 atom stereocenters. The maximum Gasteiger partial charge on any atom is 0.222 e. The molecule has 0 unspecified atom stereocenters. The van der Waals surface area contributed by atoms with E-state index >= 15 is 0 Å². The molecule has 0 aromatic rings. The molecule has 1 amide bonds. The minimum absolute atomic E-state index is 0.109. The van der Waals surface area contributed by atoms with Gasteiger partial charge in [0.25, 0.3) is 0 Å². The Kier molecular flexibility index (Phi) is 6.23. The Morgan fingerprint density at radius 3 is 2.41 bits per heavy atom. The minimum atomic E-state index is -0.109. The Morgan fingerprint density at radius 1 is 1.24 bits per heavy atom. The first-order valence-corrected chi connectivity index (χ1v) is 6.95. The summed E-state index contributed by atoms with van der Waals surface area (Å²) in [4.78, 5) is 24.7. The zero-order chi connectivity index (χ0) is 12.7. The van der Waals surface area contributed by atoms with Crippen LogP contribution in [0, 0.1) is 0 Å². The third-order valence-corrected chi connectivity index (χ3v) is 3.64. The topological polar surface area (TPSA) is 37.4 Å². The van der Waals surface area contributed by atoms with Crippen molar-refractivity contribution in [1.29, 1.82) is 0 Å². The van der Waals surface area contributed by atoms with Crippen molar-refractivity contribution in [3.8, 4) is 0 Å². The van der Waals surface area contributed by atoms with Gasteiger partial charge in [-0.15, -0.1) is 0 Å². The summed E-state index contributed by atoms with van der Waals surface area (Å²) in [6.45, 7) is 2.20. The number of ketones is 1. The van der Waals surface area contributed by atoms with Crippen molar-refractivity contribution in [3.05, 3.63) is 0 Å². The molecule has 0 aromatic heterocycles. The summed E-state index contributed by atoms with van der Waals surface area (Å²) >= 11 is 0. The first kappa shape index (κ1) is 14.2. The zero-order valence-corrected chi connectivity index (χ0v) is 11.2. The lowest BCUT2D eigenvalue weighted by atomic mass is 9.90. The van der Waals surface area contributed by atoms with E-state index in [1.54, 1.807) is 11.9 Å². The number of unbranched alkanes of at least 4 members (excludes halogenated alkanes) is 5. The zero-order valence-electron chi connectivity index (χ0n) is 11.2. The standard InChI is InChI=1S/C14H25NO2/c1-3-4-5-6-7-8-9-14(17)15(2)12-10-11-13(12)16/h12H,3-11H2,1-2H3/t12-/m0/s1. The number of carbonyl (C=O) groups is 2. The number of nitrogens with zero attached hydrogens (tertiary/aromatic N) is 1. The highest BCUT2D eigenvalue weighted by Gasteiger charge is 2.33. The van der Waals surface area contributed by atoms with Crippen LogP contribution in [0.25, 0.3) is 0 Å². The summed E-state index contributed by atoms with van der Waals surface area (Å²) < 4.78 is 0. The van der Waals surface area contributed by atoms with Crippen molar-refractivity contribution in [2.24, 2.45) is 0 Å². The van der Waals surface area contributed by atoms with Gasteiger partial charge in [0.1, 0.15) is 0 Å². The molecule has 1 aliphatic rings. The maximum atomic E-state index is 11.8. The van der Waals surface area contributed by atoms with Gasteiger partial charge in [-0.3, -0.25) is 9.59 Å². The summed E-state index contributed by atoms with van der Waals surface area (Å²) in [5, 5.41) is 0. The molecule has 0 aromatic carbocycles. The molecule has 1 fully saturated rings. The summed E-state index contributed by atoms with van der Waals surface area (Å²) in [5.41, 5.74) is 0. The van der Waals surface area contributed by atoms with Crippen LogP contribution >= 0.6 is 0 Å². The lowest BCUT2D eigenvalue weighted by Gasteiger charge is -2.33. The van der Waals surface area contributed by atoms with E-state index in [0.29, 0.717) is 12.8 Å². The summed E-state index contributed by atoms with van der Waals surface area (Å²) in [7, 11) is 1.77. The molecular formula is C14H25NO2. The molecule has 0 bridgehead atoms. The lowest BCUT2D eigenvalue weighted by Crippen LogP contribution is -2.48. The van der Waals surface area contributed by atoms with E-state index in [-0.39, 0.29) is 17.7 Å². The smallest absolute Gasteiger partial charge is 0.222 e. The third kappa shape index (κ3) is 4.49. The predicted octanol–water partition coefficient (Wildman–Crippen LogP) is 2.93. The molecule has 17 heavy (non-hydrogen) atoms. The quantitative estimate of drug-likeness (QED) is 0.611. The van der Waals surface area contributed by atoms with Gasteiger partial charge in [-0.25, -0.2) is 0 Å². The van der Waals surface area contributed by atoms with Crippen molar-refractivity contribution >= 4 is 11.7 Å². The van der Waals surface area contributed by atoms with Crippen LogP contribution in [0.4, 0.5) is 0 Å². The lowest BCUT2D eigenvalue weighted by molar-refractivity contribution is -0.142. The van der Waals surface area contributed by atoms with Gasteiger partial charge in [0.15, 0.2) is 5.78 Å². The second kappa shape index (κ2) is 7.46. The van der Waals surface area contributed by atoms with Crippen LogP contribution in [-0.4, -0.2) is 29.7 Å². The molecule has 0 spiro atoms. The Morgan fingerprint density at radius 2 is 1.88 bits per heavy atom. The molecule has 1 saturated carbocycles. The second-order valence-electron chi connectivity index (χ2n) is 5.04. The van der Waals surface area contributed by atoms with Crippen LogP contribution in [0.2, 0.25) is 0 Å². The molecule has 0 saturated heterocycles. The van der Waals surface area contributed by atoms with Gasteiger partial charge in [-0.2, -0.15) is 0 Å². The number of carbonyl (C=O) groups excluding carboxylic acids is 2. The fraction of sp³-hybridized carbons (Fsp3) is 0.857. The van der Waals surface area contributed by atoms with Gasteiger partial charge in [-0.1, -0.05) is 39.0 Å². The molecule has 3 nitrogen and oxygen atoms in total. The highest BCUT2D eigenvalue weighted by atomic mass is 16.2. The Labute approximate surface area is 105 Å². The van der Waals surface area contributed by atoms with Gasteiger partial charge in [0.05, 0.1) is 6.04 Å². The predicted molar refractivity (Wildman–Crippen MR) is 68.8 cm³/mol. The highest BCUT2D eigenvalue weighted by Crippen LogP contribution is 2.20. The monoisotopic (exact) mass is 239 g/mol. The fourth-order valence-electron chi connectivity index (χ4n) is 2.21. The van der Waals surface area contributed by atoms with Gasteiger partial charge < -0.3 is 4.90 Å². The molecule has 0 aliphatic heterocycles. The number of hydrogen-bond acceptors (Lipinski definition) is 2. The Balaban J connectivity index is 2.06. The van der Waals surface area contributed by atoms with Crippen molar-refractivity contribution in [2.45, 2.75) is 70.8 Å². The Hall–Kier alpha value is -0.860. The second-order valence-corrected chi connectivity index (χ2v) is 5.04. The highest BCUT2D eigenvalue weighted by molar-refractivity contribution is 5.93.